The first kappa shape index (κ1) is 15.4. The highest BCUT2D eigenvalue weighted by Crippen LogP contribution is 2.14. The molecule has 2 nitrogen and oxygen atoms in total. The largest absolute Gasteiger partial charge is 0.396 e. The summed E-state index contributed by atoms with van der Waals surface area (Å²) in [5.74, 6) is 0. The molecule has 0 saturated carbocycles. The van der Waals surface area contributed by atoms with Crippen molar-refractivity contribution in [1.82, 2.24) is 0 Å². The maximum atomic E-state index is 6.30. The van der Waals surface area contributed by atoms with E-state index in [9.17, 15) is 0 Å². The first-order valence-corrected chi connectivity index (χ1v) is 8.18. The van der Waals surface area contributed by atoms with Gasteiger partial charge in [0.2, 0.25) is 0 Å². The lowest BCUT2D eigenvalue weighted by atomic mass is 10.2. The molecule has 0 aromatic rings. The molecule has 15 heavy (non-hydrogen) atoms. The quantitative estimate of drug-likeness (QED) is 0.337. The Morgan fingerprint density at radius 2 is 1.60 bits per heavy atom. The molecule has 0 fully saturated rings. The maximum Gasteiger partial charge on any atom is 0.339 e. The molecule has 0 aromatic carbocycles. The number of alkyl halides is 1. The molecule has 0 aliphatic heterocycles. The minimum Gasteiger partial charge on any atom is -0.396 e. The van der Waals surface area contributed by atoms with Crippen LogP contribution >= 0.6 is 11.6 Å². The van der Waals surface area contributed by atoms with Gasteiger partial charge < -0.3 is 8.85 Å². The molecule has 0 aliphatic rings. The number of hydrogen-bond acceptors (Lipinski definition) is 2. The van der Waals surface area contributed by atoms with Gasteiger partial charge in [-0.15, -0.1) is 11.6 Å². The minimum atomic E-state index is -1.61. The molecule has 0 radical (unpaired) electrons. The molecule has 0 N–H and O–H groups in total. The zero-order chi connectivity index (χ0) is 11.5. The monoisotopic (exact) mass is 252 g/mol. The van der Waals surface area contributed by atoms with Crippen LogP contribution in [0.5, 0.6) is 0 Å². The Morgan fingerprint density at radius 1 is 1.00 bits per heavy atom. The van der Waals surface area contributed by atoms with Crippen LogP contribution in [0.4, 0.5) is 0 Å². The smallest absolute Gasteiger partial charge is 0.339 e. The fraction of sp³-hybridized carbons (Fsp3) is 1.00. The van der Waals surface area contributed by atoms with E-state index in [4.69, 9.17) is 20.5 Å². The second-order valence-electron chi connectivity index (χ2n) is 3.64. The van der Waals surface area contributed by atoms with Gasteiger partial charge in [0.1, 0.15) is 0 Å². The Labute approximate surface area is 101 Å². The van der Waals surface area contributed by atoms with Gasteiger partial charge in [-0.2, -0.15) is 0 Å². The van der Waals surface area contributed by atoms with E-state index in [0.717, 1.165) is 19.6 Å². The summed E-state index contributed by atoms with van der Waals surface area (Å²) in [4.78, 5) is 0. The first-order valence-electron chi connectivity index (χ1n) is 6.13. The third-order valence-electron chi connectivity index (χ3n) is 2.29. The number of rotatable bonds is 10. The lowest BCUT2D eigenvalue weighted by molar-refractivity contribution is 0.210. The molecule has 0 spiro atoms. The van der Waals surface area contributed by atoms with Gasteiger partial charge in [-0.1, -0.05) is 32.6 Å². The highest BCUT2D eigenvalue weighted by atomic mass is 35.5. The van der Waals surface area contributed by atoms with Crippen molar-refractivity contribution < 1.29 is 8.85 Å². The number of halogens is 1. The van der Waals surface area contributed by atoms with Crippen molar-refractivity contribution in [3.8, 4) is 0 Å². The second kappa shape index (κ2) is 10.9. The SMILES string of the molecule is CCCCCCC(Cl)[SiH](OCC)OCC. The zero-order valence-electron chi connectivity index (χ0n) is 10.3. The Hall–Kier alpha value is 0.427. The minimum absolute atomic E-state index is 0.127. The summed E-state index contributed by atoms with van der Waals surface area (Å²) >= 11 is 6.30. The van der Waals surface area contributed by atoms with E-state index in [1.165, 1.54) is 25.7 Å². The average molecular weight is 253 g/mol. The van der Waals surface area contributed by atoms with Crippen molar-refractivity contribution in [3.63, 3.8) is 0 Å². The van der Waals surface area contributed by atoms with Crippen molar-refractivity contribution in [2.45, 2.75) is 57.9 Å². The summed E-state index contributed by atoms with van der Waals surface area (Å²) in [6, 6.07) is 0. The van der Waals surface area contributed by atoms with Crippen LogP contribution in [0.25, 0.3) is 0 Å². The summed E-state index contributed by atoms with van der Waals surface area (Å²) in [7, 11) is -1.61. The lowest BCUT2D eigenvalue weighted by Crippen LogP contribution is -2.34. The van der Waals surface area contributed by atoms with Gasteiger partial charge in [-0.05, 0) is 20.3 Å². The third kappa shape index (κ3) is 8.26. The summed E-state index contributed by atoms with van der Waals surface area (Å²) < 4.78 is 11.2. The maximum absolute atomic E-state index is 6.30. The van der Waals surface area contributed by atoms with E-state index in [0.29, 0.717) is 0 Å². The first-order chi connectivity index (χ1) is 7.26. The van der Waals surface area contributed by atoms with Crippen molar-refractivity contribution in [1.29, 1.82) is 0 Å². The molecule has 0 aliphatic carbocycles. The molecule has 0 heterocycles. The van der Waals surface area contributed by atoms with Crippen LogP contribution in [0.2, 0.25) is 0 Å². The molecular weight excluding hydrogens is 228 g/mol. The van der Waals surface area contributed by atoms with Crippen LogP contribution in [-0.2, 0) is 8.85 Å². The Kier molecular flexibility index (Phi) is 11.2. The molecular formula is C11H25ClO2Si. The van der Waals surface area contributed by atoms with Gasteiger partial charge in [-0.3, -0.25) is 0 Å². The van der Waals surface area contributed by atoms with E-state index in [2.05, 4.69) is 6.92 Å². The van der Waals surface area contributed by atoms with Gasteiger partial charge in [0, 0.05) is 13.2 Å². The van der Waals surface area contributed by atoms with Crippen LogP contribution in [-0.4, -0.2) is 27.5 Å². The third-order valence-corrected chi connectivity index (χ3v) is 5.37. The van der Waals surface area contributed by atoms with E-state index >= 15 is 0 Å². The van der Waals surface area contributed by atoms with Crippen LogP contribution in [0, 0.1) is 0 Å². The zero-order valence-corrected chi connectivity index (χ0v) is 12.2. The van der Waals surface area contributed by atoms with E-state index in [-0.39, 0.29) is 5.00 Å². The predicted molar refractivity (Wildman–Crippen MR) is 68.8 cm³/mol. The molecule has 1 unspecified atom stereocenters. The normalized spacial score (nSPS) is 13.4. The molecule has 0 bridgehead atoms. The van der Waals surface area contributed by atoms with Gasteiger partial charge in [0.15, 0.2) is 0 Å². The second-order valence-corrected chi connectivity index (χ2v) is 6.84. The van der Waals surface area contributed by atoms with Crippen molar-refractivity contribution in [3.05, 3.63) is 0 Å². The summed E-state index contributed by atoms with van der Waals surface area (Å²) in [6.07, 6.45) is 6.09. The molecule has 0 aromatic heterocycles. The number of unbranched alkanes of at least 4 members (excludes halogenated alkanes) is 3. The van der Waals surface area contributed by atoms with Crippen LogP contribution in [0.1, 0.15) is 52.9 Å². The van der Waals surface area contributed by atoms with E-state index in [1.54, 1.807) is 0 Å². The van der Waals surface area contributed by atoms with E-state index in [1.807, 2.05) is 13.8 Å². The Bertz CT molecular complexity index is 130. The fourth-order valence-corrected chi connectivity index (χ4v) is 3.76. The highest BCUT2D eigenvalue weighted by Gasteiger charge is 2.22. The van der Waals surface area contributed by atoms with Gasteiger partial charge in [0.05, 0.1) is 5.00 Å². The molecule has 0 saturated heterocycles. The van der Waals surface area contributed by atoms with Crippen molar-refractivity contribution >= 4 is 20.9 Å². The Balaban J connectivity index is 3.65. The standard InChI is InChI=1S/C11H25ClO2Si/c1-4-7-8-9-10-11(12)15(13-5-2)14-6-3/h11,15H,4-10H2,1-3H3. The summed E-state index contributed by atoms with van der Waals surface area (Å²) in [6.45, 7) is 7.65. The van der Waals surface area contributed by atoms with Crippen LogP contribution in [0.3, 0.4) is 0 Å². The summed E-state index contributed by atoms with van der Waals surface area (Å²) in [5.41, 5.74) is 0. The van der Waals surface area contributed by atoms with Gasteiger partial charge >= 0.3 is 9.28 Å². The average Bonchev–Trinajstić information content (AvgIpc) is 2.24. The fourth-order valence-electron chi connectivity index (χ4n) is 1.49. The predicted octanol–water partition coefficient (Wildman–Crippen LogP) is 3.40. The Morgan fingerprint density at radius 3 is 2.07 bits per heavy atom. The molecule has 0 amide bonds. The molecule has 1 atom stereocenters. The lowest BCUT2D eigenvalue weighted by Gasteiger charge is -2.19. The van der Waals surface area contributed by atoms with Gasteiger partial charge in [-0.25, -0.2) is 0 Å². The molecule has 92 valence electrons. The van der Waals surface area contributed by atoms with Crippen LogP contribution in [0.15, 0.2) is 0 Å². The van der Waals surface area contributed by atoms with Crippen LogP contribution < -0.4 is 0 Å². The molecule has 4 heteroatoms. The molecule has 0 rings (SSSR count). The topological polar surface area (TPSA) is 18.5 Å². The number of hydrogen-bond donors (Lipinski definition) is 0. The van der Waals surface area contributed by atoms with Crippen molar-refractivity contribution in [2.75, 3.05) is 13.2 Å². The summed E-state index contributed by atoms with van der Waals surface area (Å²) in [5, 5.41) is 0.127. The van der Waals surface area contributed by atoms with Crippen molar-refractivity contribution in [2.24, 2.45) is 0 Å². The van der Waals surface area contributed by atoms with Gasteiger partial charge in [0.25, 0.3) is 0 Å². The van der Waals surface area contributed by atoms with E-state index < -0.39 is 9.28 Å². The highest BCUT2D eigenvalue weighted by molar-refractivity contribution is 6.59.